The Balaban J connectivity index is 2.58. The first-order valence-corrected chi connectivity index (χ1v) is 3.50. The molecule has 0 unspecified atom stereocenters. The Morgan fingerprint density at radius 1 is 1.83 bits per heavy atom. The maximum atomic E-state index is 10.4. The summed E-state index contributed by atoms with van der Waals surface area (Å²) in [5.74, 6) is -0.361. The third kappa shape index (κ3) is 2.06. The van der Waals surface area contributed by atoms with Gasteiger partial charge in [0.25, 0.3) is 0 Å². The van der Waals surface area contributed by atoms with Crippen LogP contribution in [0.25, 0.3) is 0 Å². The van der Waals surface area contributed by atoms with E-state index in [0.29, 0.717) is 18.9 Å². The van der Waals surface area contributed by atoms with Gasteiger partial charge in [-0.25, -0.2) is 9.78 Å². The van der Waals surface area contributed by atoms with Crippen LogP contribution in [0.15, 0.2) is 6.20 Å². The van der Waals surface area contributed by atoms with Crippen LogP contribution < -0.4 is 0 Å². The zero-order chi connectivity index (χ0) is 8.97. The fraction of sp³-hybridized carbons (Fsp3) is 0.429. The summed E-state index contributed by atoms with van der Waals surface area (Å²) in [4.78, 5) is 16.9. The van der Waals surface area contributed by atoms with E-state index >= 15 is 0 Å². The van der Waals surface area contributed by atoms with Crippen molar-refractivity contribution in [2.75, 3.05) is 13.7 Å². The van der Waals surface area contributed by atoms with Gasteiger partial charge in [-0.05, 0) is 0 Å². The third-order valence-corrected chi connectivity index (χ3v) is 1.40. The highest BCUT2D eigenvalue weighted by Crippen LogP contribution is 1.97. The molecule has 5 nitrogen and oxygen atoms in total. The lowest BCUT2D eigenvalue weighted by atomic mass is 10.4. The number of aromatic amines is 1. The summed E-state index contributed by atoms with van der Waals surface area (Å²) in [7, 11) is 1.58. The fourth-order valence-electron chi connectivity index (χ4n) is 0.797. The number of hydrogen-bond donors (Lipinski definition) is 2. The summed E-state index contributed by atoms with van der Waals surface area (Å²) in [6, 6.07) is 0. The van der Waals surface area contributed by atoms with Gasteiger partial charge in [-0.15, -0.1) is 0 Å². The Morgan fingerprint density at radius 3 is 3.08 bits per heavy atom. The molecule has 2 N–H and O–H groups in total. The van der Waals surface area contributed by atoms with Gasteiger partial charge >= 0.3 is 5.97 Å². The molecule has 0 amide bonds. The summed E-state index contributed by atoms with van der Waals surface area (Å²) >= 11 is 0. The van der Waals surface area contributed by atoms with E-state index < -0.39 is 5.97 Å². The molecule has 5 heteroatoms. The molecular formula is C7H10N2O3. The van der Waals surface area contributed by atoms with Crippen LogP contribution in [-0.2, 0) is 11.2 Å². The maximum Gasteiger partial charge on any atom is 0.353 e. The van der Waals surface area contributed by atoms with E-state index in [2.05, 4.69) is 9.97 Å². The second kappa shape index (κ2) is 3.87. The molecule has 1 rings (SSSR count). The number of carboxylic acids is 1. The first kappa shape index (κ1) is 8.73. The van der Waals surface area contributed by atoms with Crippen molar-refractivity contribution in [3.8, 4) is 0 Å². The van der Waals surface area contributed by atoms with Crippen LogP contribution in [0.2, 0.25) is 0 Å². The molecule has 66 valence electrons. The highest BCUT2D eigenvalue weighted by molar-refractivity contribution is 5.84. The Bertz CT molecular complexity index is 269. The number of rotatable bonds is 4. The van der Waals surface area contributed by atoms with E-state index in [0.717, 1.165) is 0 Å². The van der Waals surface area contributed by atoms with Crippen molar-refractivity contribution in [3.63, 3.8) is 0 Å². The number of H-pyrrole nitrogens is 1. The minimum absolute atomic E-state index is 0.112. The van der Waals surface area contributed by atoms with Crippen molar-refractivity contribution in [2.24, 2.45) is 0 Å². The highest BCUT2D eigenvalue weighted by Gasteiger charge is 2.05. The first-order valence-electron chi connectivity index (χ1n) is 3.50. The number of methoxy groups -OCH3 is 1. The second-order valence-electron chi connectivity index (χ2n) is 2.29. The van der Waals surface area contributed by atoms with E-state index in [-0.39, 0.29) is 5.69 Å². The number of aromatic nitrogens is 2. The van der Waals surface area contributed by atoms with Gasteiger partial charge in [0.1, 0.15) is 11.5 Å². The Labute approximate surface area is 69.4 Å². The number of nitrogens with zero attached hydrogens (tertiary/aromatic N) is 1. The number of nitrogens with one attached hydrogen (secondary N) is 1. The van der Waals surface area contributed by atoms with Gasteiger partial charge in [0.2, 0.25) is 0 Å². The molecule has 0 saturated carbocycles. The van der Waals surface area contributed by atoms with Gasteiger partial charge in [-0.2, -0.15) is 0 Å². The maximum absolute atomic E-state index is 10.4. The quantitative estimate of drug-likeness (QED) is 0.681. The molecule has 1 aromatic rings. The number of carboxylic acid groups (broad SMARTS) is 1. The van der Waals surface area contributed by atoms with E-state index in [9.17, 15) is 4.79 Å². The number of ether oxygens (including phenoxy) is 1. The molecule has 0 saturated heterocycles. The summed E-state index contributed by atoms with van der Waals surface area (Å²) in [5, 5.41) is 8.52. The largest absolute Gasteiger partial charge is 0.477 e. The van der Waals surface area contributed by atoms with Crippen LogP contribution in [0, 0.1) is 0 Å². The van der Waals surface area contributed by atoms with E-state index in [1.165, 1.54) is 6.20 Å². The molecule has 0 aliphatic heterocycles. The van der Waals surface area contributed by atoms with Gasteiger partial charge in [0.05, 0.1) is 12.8 Å². The number of imidazole rings is 1. The van der Waals surface area contributed by atoms with Crippen LogP contribution in [-0.4, -0.2) is 34.8 Å². The van der Waals surface area contributed by atoms with Gasteiger partial charge in [0.15, 0.2) is 0 Å². The molecule has 0 fully saturated rings. The minimum atomic E-state index is -0.994. The highest BCUT2D eigenvalue weighted by atomic mass is 16.5. The van der Waals surface area contributed by atoms with Gasteiger partial charge in [-0.3, -0.25) is 0 Å². The predicted molar refractivity (Wildman–Crippen MR) is 41.1 cm³/mol. The standard InChI is InChI=1S/C7H10N2O3/c1-12-3-2-6-8-4-5(9-6)7(10)11/h4H,2-3H2,1H3,(H,8,9)(H,10,11). The lowest BCUT2D eigenvalue weighted by molar-refractivity contribution is 0.0691. The SMILES string of the molecule is COCCc1ncc(C(=O)O)[nH]1. The average molecular weight is 170 g/mol. The Hall–Kier alpha value is -1.36. The van der Waals surface area contributed by atoms with Gasteiger partial charge < -0.3 is 14.8 Å². The number of hydrogen-bond acceptors (Lipinski definition) is 3. The molecule has 0 spiro atoms. The monoisotopic (exact) mass is 170 g/mol. The fourth-order valence-corrected chi connectivity index (χ4v) is 0.797. The van der Waals surface area contributed by atoms with E-state index in [1.807, 2.05) is 0 Å². The molecule has 0 radical (unpaired) electrons. The Kier molecular flexibility index (Phi) is 2.82. The minimum Gasteiger partial charge on any atom is -0.477 e. The van der Waals surface area contributed by atoms with Crippen LogP contribution >= 0.6 is 0 Å². The summed E-state index contributed by atoms with van der Waals surface area (Å²) < 4.78 is 4.81. The lowest BCUT2D eigenvalue weighted by Gasteiger charge is -1.93. The Morgan fingerprint density at radius 2 is 2.58 bits per heavy atom. The van der Waals surface area contributed by atoms with E-state index in [1.54, 1.807) is 7.11 Å². The van der Waals surface area contributed by atoms with Crippen molar-refractivity contribution in [2.45, 2.75) is 6.42 Å². The van der Waals surface area contributed by atoms with Crippen LogP contribution in [0.1, 0.15) is 16.3 Å². The van der Waals surface area contributed by atoms with Crippen molar-refractivity contribution in [1.82, 2.24) is 9.97 Å². The summed E-state index contributed by atoms with van der Waals surface area (Å²) in [6.07, 6.45) is 1.90. The topological polar surface area (TPSA) is 75.2 Å². The van der Waals surface area contributed by atoms with Crippen molar-refractivity contribution < 1.29 is 14.6 Å². The van der Waals surface area contributed by atoms with Gasteiger partial charge in [-0.1, -0.05) is 0 Å². The summed E-state index contributed by atoms with van der Waals surface area (Å²) in [6.45, 7) is 0.534. The molecule has 0 aliphatic carbocycles. The predicted octanol–water partition coefficient (Wildman–Crippen LogP) is 0.297. The zero-order valence-corrected chi connectivity index (χ0v) is 6.70. The molecule has 0 atom stereocenters. The molecule has 0 aromatic carbocycles. The number of carbonyl (C=O) groups is 1. The molecule has 12 heavy (non-hydrogen) atoms. The zero-order valence-electron chi connectivity index (χ0n) is 6.70. The van der Waals surface area contributed by atoms with Crippen LogP contribution in [0.5, 0.6) is 0 Å². The smallest absolute Gasteiger partial charge is 0.353 e. The molecule has 0 bridgehead atoms. The average Bonchev–Trinajstić information content (AvgIpc) is 2.48. The lowest BCUT2D eigenvalue weighted by Crippen LogP contribution is -1.99. The van der Waals surface area contributed by atoms with Crippen LogP contribution in [0.4, 0.5) is 0 Å². The third-order valence-electron chi connectivity index (χ3n) is 1.40. The second-order valence-corrected chi connectivity index (χ2v) is 2.29. The first-order chi connectivity index (χ1) is 5.74. The number of aromatic carboxylic acids is 1. The normalized spacial score (nSPS) is 10.1. The molecule has 1 aromatic heterocycles. The van der Waals surface area contributed by atoms with E-state index in [4.69, 9.17) is 9.84 Å². The van der Waals surface area contributed by atoms with Crippen molar-refractivity contribution in [3.05, 3.63) is 17.7 Å². The van der Waals surface area contributed by atoms with Gasteiger partial charge in [0, 0.05) is 13.5 Å². The van der Waals surface area contributed by atoms with Crippen molar-refractivity contribution in [1.29, 1.82) is 0 Å². The molecule has 0 aliphatic rings. The van der Waals surface area contributed by atoms with Crippen LogP contribution in [0.3, 0.4) is 0 Å². The van der Waals surface area contributed by atoms with Crippen molar-refractivity contribution >= 4 is 5.97 Å². The summed E-state index contributed by atoms with van der Waals surface area (Å²) in [5.41, 5.74) is 0.112. The molecular weight excluding hydrogens is 160 g/mol. The molecule has 1 heterocycles.